The smallest absolute Gasteiger partial charge is 0.336 e. The first kappa shape index (κ1) is 17.4. The van der Waals surface area contributed by atoms with Crippen molar-refractivity contribution >= 4 is 34.8 Å². The number of carbonyl (C=O) groups is 1. The lowest BCUT2D eigenvalue weighted by atomic mass is 10.2. The molecule has 3 aromatic rings. The van der Waals surface area contributed by atoms with Crippen molar-refractivity contribution in [2.45, 2.75) is 18.2 Å². The third kappa shape index (κ3) is 4.14. The minimum absolute atomic E-state index is 0.360. The zero-order valence-electron chi connectivity index (χ0n) is 14.0. The summed E-state index contributed by atoms with van der Waals surface area (Å²) in [6, 6.07) is 15.5. The number of fused-ring (bicyclic) bond motifs is 1. The third-order valence-electron chi connectivity index (χ3n) is 3.88. The molecule has 3 rings (SSSR count). The highest BCUT2D eigenvalue weighted by atomic mass is 32.2. The Morgan fingerprint density at radius 3 is 2.72 bits per heavy atom. The topological polar surface area (TPSA) is 66.6 Å². The minimum Gasteiger partial charge on any atom is -0.478 e. The summed E-state index contributed by atoms with van der Waals surface area (Å²) in [5.74, 6) is -0.0501. The standard InChI is InChI=1S/C19H20N2O3S/c1-2-21(19-20-15-9-4-5-10-16(15)24-19)12-7-13-25-17-11-6-3-8-14(17)18(22)23/h3-6,8-11H,2,7,12-13H2,1H3,(H,22,23). The average Bonchev–Trinajstić information content (AvgIpc) is 3.05. The number of para-hydroxylation sites is 2. The molecule has 1 heterocycles. The maximum atomic E-state index is 11.2. The van der Waals surface area contributed by atoms with Crippen LogP contribution in [0.3, 0.4) is 0 Å². The summed E-state index contributed by atoms with van der Waals surface area (Å²) in [7, 11) is 0. The fourth-order valence-electron chi connectivity index (χ4n) is 2.59. The van der Waals surface area contributed by atoms with Crippen LogP contribution in [0.5, 0.6) is 0 Å². The first-order chi connectivity index (χ1) is 12.2. The second-order valence-corrected chi connectivity index (χ2v) is 6.68. The van der Waals surface area contributed by atoms with Gasteiger partial charge in [0.2, 0.25) is 0 Å². The van der Waals surface area contributed by atoms with E-state index in [1.807, 2.05) is 36.4 Å². The van der Waals surface area contributed by atoms with Gasteiger partial charge in [0.25, 0.3) is 6.01 Å². The molecule has 0 radical (unpaired) electrons. The summed E-state index contributed by atoms with van der Waals surface area (Å²) >= 11 is 1.57. The first-order valence-electron chi connectivity index (χ1n) is 8.24. The van der Waals surface area contributed by atoms with E-state index in [9.17, 15) is 9.90 Å². The van der Waals surface area contributed by atoms with E-state index < -0.39 is 5.97 Å². The van der Waals surface area contributed by atoms with Crippen molar-refractivity contribution in [3.63, 3.8) is 0 Å². The second-order valence-electron chi connectivity index (χ2n) is 5.55. The Kier molecular flexibility index (Phi) is 5.60. The molecule has 0 aliphatic heterocycles. The van der Waals surface area contributed by atoms with E-state index in [4.69, 9.17) is 4.42 Å². The van der Waals surface area contributed by atoms with E-state index in [1.165, 1.54) is 0 Å². The van der Waals surface area contributed by atoms with E-state index in [0.717, 1.165) is 41.3 Å². The largest absolute Gasteiger partial charge is 0.478 e. The van der Waals surface area contributed by atoms with Crippen LogP contribution in [-0.4, -0.2) is 34.9 Å². The highest BCUT2D eigenvalue weighted by Crippen LogP contribution is 2.25. The Hall–Kier alpha value is -2.47. The van der Waals surface area contributed by atoms with Gasteiger partial charge in [-0.1, -0.05) is 24.3 Å². The van der Waals surface area contributed by atoms with Gasteiger partial charge in [0, 0.05) is 18.0 Å². The number of hydrogen-bond acceptors (Lipinski definition) is 5. The summed E-state index contributed by atoms with van der Waals surface area (Å²) in [6.45, 7) is 3.69. The normalized spacial score (nSPS) is 10.9. The fraction of sp³-hybridized carbons (Fsp3) is 0.263. The summed E-state index contributed by atoms with van der Waals surface area (Å²) < 4.78 is 5.82. The molecule has 2 aromatic carbocycles. The number of oxazole rings is 1. The van der Waals surface area contributed by atoms with Crippen molar-refractivity contribution in [2.75, 3.05) is 23.7 Å². The molecule has 0 bridgehead atoms. The minimum atomic E-state index is -0.884. The molecule has 5 nitrogen and oxygen atoms in total. The van der Waals surface area contributed by atoms with Gasteiger partial charge >= 0.3 is 5.97 Å². The van der Waals surface area contributed by atoms with Gasteiger partial charge in [-0.05, 0) is 43.4 Å². The zero-order valence-corrected chi connectivity index (χ0v) is 14.8. The lowest BCUT2D eigenvalue weighted by molar-refractivity contribution is 0.0693. The first-order valence-corrected chi connectivity index (χ1v) is 9.23. The Bertz CT molecular complexity index is 830. The van der Waals surface area contributed by atoms with Crippen LogP contribution in [0.2, 0.25) is 0 Å². The molecule has 0 saturated heterocycles. The van der Waals surface area contributed by atoms with Crippen LogP contribution in [0.1, 0.15) is 23.7 Å². The Labute approximate surface area is 150 Å². The predicted octanol–water partition coefficient (Wildman–Crippen LogP) is 4.53. The van der Waals surface area contributed by atoms with Crippen molar-refractivity contribution in [2.24, 2.45) is 0 Å². The molecule has 0 spiro atoms. The van der Waals surface area contributed by atoms with E-state index in [1.54, 1.807) is 23.9 Å². The van der Waals surface area contributed by atoms with Crippen LogP contribution in [0.25, 0.3) is 11.1 Å². The van der Waals surface area contributed by atoms with Gasteiger partial charge in [0.15, 0.2) is 5.58 Å². The van der Waals surface area contributed by atoms with Crippen LogP contribution in [0.4, 0.5) is 6.01 Å². The molecule has 0 saturated carbocycles. The van der Waals surface area contributed by atoms with Crippen LogP contribution in [0.15, 0.2) is 57.8 Å². The number of aromatic carboxylic acids is 1. The molecule has 0 aliphatic rings. The molecule has 25 heavy (non-hydrogen) atoms. The number of rotatable bonds is 8. The molecule has 0 amide bonds. The van der Waals surface area contributed by atoms with Crippen molar-refractivity contribution in [3.05, 3.63) is 54.1 Å². The molecule has 0 unspecified atom stereocenters. The van der Waals surface area contributed by atoms with Crippen molar-refractivity contribution in [1.29, 1.82) is 0 Å². The summed E-state index contributed by atoms with van der Waals surface area (Å²) in [4.78, 5) is 18.7. The Morgan fingerprint density at radius 2 is 1.96 bits per heavy atom. The van der Waals surface area contributed by atoms with Gasteiger partial charge in [-0.25, -0.2) is 4.79 Å². The molecular weight excluding hydrogens is 336 g/mol. The van der Waals surface area contributed by atoms with Gasteiger partial charge in [-0.3, -0.25) is 0 Å². The van der Waals surface area contributed by atoms with Crippen molar-refractivity contribution in [1.82, 2.24) is 4.98 Å². The number of nitrogens with zero attached hydrogens (tertiary/aromatic N) is 2. The number of thioether (sulfide) groups is 1. The molecule has 6 heteroatoms. The van der Waals surface area contributed by atoms with Crippen LogP contribution >= 0.6 is 11.8 Å². The van der Waals surface area contributed by atoms with Gasteiger partial charge in [0.05, 0.1) is 5.56 Å². The molecule has 1 aromatic heterocycles. The fourth-order valence-corrected chi connectivity index (χ4v) is 3.57. The number of anilines is 1. The molecule has 0 aliphatic carbocycles. The number of benzene rings is 2. The number of carboxylic acid groups (broad SMARTS) is 1. The average molecular weight is 356 g/mol. The monoisotopic (exact) mass is 356 g/mol. The third-order valence-corrected chi connectivity index (χ3v) is 5.04. The summed E-state index contributed by atoms with van der Waals surface area (Å²) in [6.07, 6.45) is 0.908. The number of hydrogen-bond donors (Lipinski definition) is 1. The summed E-state index contributed by atoms with van der Waals surface area (Å²) in [5.41, 5.74) is 2.01. The Balaban J connectivity index is 1.58. The van der Waals surface area contributed by atoms with Crippen LogP contribution in [-0.2, 0) is 0 Å². The van der Waals surface area contributed by atoms with Crippen LogP contribution in [0, 0.1) is 0 Å². The van der Waals surface area contributed by atoms with Gasteiger partial charge in [0.1, 0.15) is 5.52 Å². The highest BCUT2D eigenvalue weighted by Gasteiger charge is 2.13. The van der Waals surface area contributed by atoms with E-state index in [0.29, 0.717) is 11.6 Å². The van der Waals surface area contributed by atoms with E-state index in [2.05, 4.69) is 16.8 Å². The SMILES string of the molecule is CCN(CCCSc1ccccc1C(=O)O)c1nc2ccccc2o1. The highest BCUT2D eigenvalue weighted by molar-refractivity contribution is 7.99. The predicted molar refractivity (Wildman–Crippen MR) is 101 cm³/mol. The van der Waals surface area contributed by atoms with Crippen molar-refractivity contribution < 1.29 is 14.3 Å². The quantitative estimate of drug-likeness (QED) is 0.472. The number of carboxylic acids is 1. The lowest BCUT2D eigenvalue weighted by Gasteiger charge is -2.18. The molecule has 130 valence electrons. The van der Waals surface area contributed by atoms with E-state index in [-0.39, 0.29) is 0 Å². The summed E-state index contributed by atoms with van der Waals surface area (Å²) in [5, 5.41) is 9.22. The lowest BCUT2D eigenvalue weighted by Crippen LogP contribution is -2.24. The maximum Gasteiger partial charge on any atom is 0.336 e. The van der Waals surface area contributed by atoms with Gasteiger partial charge < -0.3 is 14.4 Å². The van der Waals surface area contributed by atoms with Gasteiger partial charge in [-0.15, -0.1) is 11.8 Å². The molecule has 0 atom stereocenters. The zero-order chi connectivity index (χ0) is 17.6. The molecular formula is C19H20N2O3S. The maximum absolute atomic E-state index is 11.2. The number of aromatic nitrogens is 1. The van der Waals surface area contributed by atoms with E-state index >= 15 is 0 Å². The molecule has 0 fully saturated rings. The van der Waals surface area contributed by atoms with Gasteiger partial charge in [-0.2, -0.15) is 4.98 Å². The van der Waals surface area contributed by atoms with Crippen molar-refractivity contribution in [3.8, 4) is 0 Å². The van der Waals surface area contributed by atoms with Crippen LogP contribution < -0.4 is 4.90 Å². The molecule has 1 N–H and O–H groups in total. The Morgan fingerprint density at radius 1 is 1.20 bits per heavy atom. The second kappa shape index (κ2) is 8.07.